The number of hydrogen-bond acceptors (Lipinski definition) is 3. The molecule has 1 heterocycles. The number of aliphatic hydroxyl groups excluding tert-OH is 1. The lowest BCUT2D eigenvalue weighted by Crippen LogP contribution is -2.48. The number of amides is 1. The standard InChI is InChI=1S/C12H24N2O2/c1-3-4-12(5-7-13-8-6-12)11(16)14-9-10(2)15/h10,13,15H,3-9H2,1-2H3,(H,14,16)/t10-/m1/s1. The fraction of sp³-hybridized carbons (Fsp3) is 0.917. The van der Waals surface area contributed by atoms with Crippen molar-refractivity contribution in [2.75, 3.05) is 19.6 Å². The van der Waals surface area contributed by atoms with Gasteiger partial charge in [-0.1, -0.05) is 13.3 Å². The molecule has 4 nitrogen and oxygen atoms in total. The van der Waals surface area contributed by atoms with Crippen molar-refractivity contribution < 1.29 is 9.90 Å². The van der Waals surface area contributed by atoms with Crippen LogP contribution in [0, 0.1) is 5.41 Å². The number of carbonyl (C=O) groups is 1. The molecule has 94 valence electrons. The summed E-state index contributed by atoms with van der Waals surface area (Å²) >= 11 is 0. The van der Waals surface area contributed by atoms with Crippen LogP contribution in [0.25, 0.3) is 0 Å². The van der Waals surface area contributed by atoms with E-state index in [2.05, 4.69) is 17.6 Å². The molecule has 0 bridgehead atoms. The summed E-state index contributed by atoms with van der Waals surface area (Å²) in [5.41, 5.74) is -0.200. The first-order valence-corrected chi connectivity index (χ1v) is 6.28. The summed E-state index contributed by atoms with van der Waals surface area (Å²) in [6.45, 7) is 6.00. The molecule has 0 aliphatic carbocycles. The molecule has 1 aliphatic heterocycles. The molecule has 3 N–H and O–H groups in total. The van der Waals surface area contributed by atoms with Gasteiger partial charge in [-0.05, 0) is 39.3 Å². The maximum atomic E-state index is 12.2. The summed E-state index contributed by atoms with van der Waals surface area (Å²) in [6, 6.07) is 0. The Balaban J connectivity index is 2.57. The largest absolute Gasteiger partial charge is 0.392 e. The normalized spacial score (nSPS) is 21.4. The second kappa shape index (κ2) is 6.21. The number of rotatable bonds is 5. The van der Waals surface area contributed by atoms with Crippen molar-refractivity contribution in [2.45, 2.75) is 45.6 Å². The molecule has 0 unspecified atom stereocenters. The predicted octanol–water partition coefficient (Wildman–Crippen LogP) is 0.653. The Morgan fingerprint density at radius 3 is 2.62 bits per heavy atom. The van der Waals surface area contributed by atoms with Crippen LogP contribution in [-0.4, -0.2) is 36.8 Å². The first-order valence-electron chi connectivity index (χ1n) is 6.28. The highest BCUT2D eigenvalue weighted by Crippen LogP contribution is 2.34. The topological polar surface area (TPSA) is 61.4 Å². The molecule has 0 aromatic heterocycles. The van der Waals surface area contributed by atoms with Crippen LogP contribution in [-0.2, 0) is 4.79 Å². The summed E-state index contributed by atoms with van der Waals surface area (Å²) in [5.74, 6) is 0.122. The van der Waals surface area contributed by atoms with Gasteiger partial charge in [0.05, 0.1) is 11.5 Å². The van der Waals surface area contributed by atoms with Gasteiger partial charge in [-0.2, -0.15) is 0 Å². The summed E-state index contributed by atoms with van der Waals surface area (Å²) in [7, 11) is 0. The van der Waals surface area contributed by atoms with Gasteiger partial charge in [-0.15, -0.1) is 0 Å². The van der Waals surface area contributed by atoms with Gasteiger partial charge in [0.25, 0.3) is 0 Å². The Morgan fingerprint density at radius 1 is 1.50 bits per heavy atom. The first kappa shape index (κ1) is 13.5. The van der Waals surface area contributed by atoms with Gasteiger partial charge >= 0.3 is 0 Å². The fourth-order valence-corrected chi connectivity index (χ4v) is 2.40. The van der Waals surface area contributed by atoms with E-state index in [4.69, 9.17) is 0 Å². The van der Waals surface area contributed by atoms with Gasteiger partial charge in [0.2, 0.25) is 5.91 Å². The van der Waals surface area contributed by atoms with Gasteiger partial charge in [0.15, 0.2) is 0 Å². The van der Waals surface area contributed by atoms with Crippen LogP contribution < -0.4 is 10.6 Å². The Bertz CT molecular complexity index is 218. The molecule has 1 aliphatic rings. The van der Waals surface area contributed by atoms with Gasteiger partial charge in [-0.25, -0.2) is 0 Å². The maximum absolute atomic E-state index is 12.2. The van der Waals surface area contributed by atoms with E-state index in [1.807, 2.05) is 0 Å². The highest BCUT2D eigenvalue weighted by atomic mass is 16.3. The van der Waals surface area contributed by atoms with Crippen molar-refractivity contribution in [1.29, 1.82) is 0 Å². The zero-order chi connectivity index (χ0) is 12.0. The molecule has 1 rings (SSSR count). The average Bonchev–Trinajstić information content (AvgIpc) is 2.27. The van der Waals surface area contributed by atoms with Crippen LogP contribution in [0.5, 0.6) is 0 Å². The minimum Gasteiger partial charge on any atom is -0.392 e. The van der Waals surface area contributed by atoms with Crippen LogP contribution in [0.2, 0.25) is 0 Å². The zero-order valence-electron chi connectivity index (χ0n) is 10.4. The lowest BCUT2D eigenvalue weighted by molar-refractivity contribution is -0.133. The maximum Gasteiger partial charge on any atom is 0.226 e. The summed E-state index contributed by atoms with van der Waals surface area (Å²) < 4.78 is 0. The molecule has 0 aromatic carbocycles. The number of carbonyl (C=O) groups excluding carboxylic acids is 1. The van der Waals surface area contributed by atoms with Gasteiger partial charge in [0, 0.05) is 6.54 Å². The number of aliphatic hydroxyl groups is 1. The molecule has 1 amide bonds. The minimum atomic E-state index is -0.468. The number of nitrogens with one attached hydrogen (secondary N) is 2. The third-order valence-corrected chi connectivity index (χ3v) is 3.33. The van der Waals surface area contributed by atoms with Crippen molar-refractivity contribution in [1.82, 2.24) is 10.6 Å². The SMILES string of the molecule is CCCC1(C(=O)NC[C@@H](C)O)CCNCC1. The number of piperidine rings is 1. The van der Waals surface area contributed by atoms with E-state index in [1.165, 1.54) is 0 Å². The molecule has 1 saturated heterocycles. The molecule has 0 saturated carbocycles. The Labute approximate surface area is 97.8 Å². The number of hydrogen-bond donors (Lipinski definition) is 3. The van der Waals surface area contributed by atoms with Crippen LogP contribution in [0.3, 0.4) is 0 Å². The monoisotopic (exact) mass is 228 g/mol. The first-order chi connectivity index (χ1) is 7.60. The second-order valence-corrected chi connectivity index (χ2v) is 4.84. The molecular formula is C12H24N2O2. The fourth-order valence-electron chi connectivity index (χ4n) is 2.40. The van der Waals surface area contributed by atoms with E-state index >= 15 is 0 Å². The summed E-state index contributed by atoms with van der Waals surface area (Å²) in [5, 5.41) is 15.3. The smallest absolute Gasteiger partial charge is 0.226 e. The van der Waals surface area contributed by atoms with Crippen LogP contribution in [0.1, 0.15) is 39.5 Å². The molecule has 0 aromatic rings. The minimum absolute atomic E-state index is 0.122. The molecule has 0 radical (unpaired) electrons. The predicted molar refractivity (Wildman–Crippen MR) is 64.1 cm³/mol. The van der Waals surface area contributed by atoms with Crippen molar-refractivity contribution in [2.24, 2.45) is 5.41 Å². The highest BCUT2D eigenvalue weighted by Gasteiger charge is 2.38. The molecule has 16 heavy (non-hydrogen) atoms. The molecule has 0 spiro atoms. The third-order valence-electron chi connectivity index (χ3n) is 3.33. The quantitative estimate of drug-likeness (QED) is 0.647. The Hall–Kier alpha value is -0.610. The molecule has 4 heteroatoms. The summed E-state index contributed by atoms with van der Waals surface area (Å²) in [6.07, 6.45) is 3.32. The van der Waals surface area contributed by atoms with Gasteiger partial charge in [0.1, 0.15) is 0 Å². The van der Waals surface area contributed by atoms with Crippen molar-refractivity contribution >= 4 is 5.91 Å². The van der Waals surface area contributed by atoms with E-state index in [1.54, 1.807) is 6.92 Å². The van der Waals surface area contributed by atoms with E-state index < -0.39 is 6.10 Å². The summed E-state index contributed by atoms with van der Waals surface area (Å²) in [4.78, 5) is 12.2. The van der Waals surface area contributed by atoms with Crippen molar-refractivity contribution in [3.05, 3.63) is 0 Å². The van der Waals surface area contributed by atoms with Crippen LogP contribution in [0.4, 0.5) is 0 Å². The van der Waals surface area contributed by atoms with Crippen LogP contribution >= 0.6 is 0 Å². The van der Waals surface area contributed by atoms with Crippen LogP contribution in [0.15, 0.2) is 0 Å². The molecule has 1 atom stereocenters. The molecule has 1 fully saturated rings. The molecular weight excluding hydrogens is 204 g/mol. The highest BCUT2D eigenvalue weighted by molar-refractivity contribution is 5.82. The van der Waals surface area contributed by atoms with Crippen molar-refractivity contribution in [3.63, 3.8) is 0 Å². The lowest BCUT2D eigenvalue weighted by Gasteiger charge is -2.36. The second-order valence-electron chi connectivity index (χ2n) is 4.84. The van der Waals surface area contributed by atoms with E-state index in [-0.39, 0.29) is 11.3 Å². The van der Waals surface area contributed by atoms with Crippen molar-refractivity contribution in [3.8, 4) is 0 Å². The van der Waals surface area contributed by atoms with E-state index in [9.17, 15) is 9.90 Å². The Kier molecular flexibility index (Phi) is 5.22. The third kappa shape index (κ3) is 3.46. The average molecular weight is 228 g/mol. The van der Waals surface area contributed by atoms with E-state index in [0.29, 0.717) is 6.54 Å². The van der Waals surface area contributed by atoms with E-state index in [0.717, 1.165) is 38.8 Å². The van der Waals surface area contributed by atoms with Gasteiger partial charge in [-0.3, -0.25) is 4.79 Å². The zero-order valence-corrected chi connectivity index (χ0v) is 10.4. The van der Waals surface area contributed by atoms with Gasteiger partial charge < -0.3 is 15.7 Å². The lowest BCUT2D eigenvalue weighted by atomic mass is 9.74. The Morgan fingerprint density at radius 2 is 2.12 bits per heavy atom.